The van der Waals surface area contributed by atoms with Crippen LogP contribution in [0.5, 0.6) is 0 Å². The van der Waals surface area contributed by atoms with Gasteiger partial charge < -0.3 is 16.0 Å². The van der Waals surface area contributed by atoms with Crippen molar-refractivity contribution in [3.8, 4) is 0 Å². The summed E-state index contributed by atoms with van der Waals surface area (Å²) in [5.74, 6) is -0.179. The van der Waals surface area contributed by atoms with E-state index in [2.05, 4.69) is 5.32 Å². The average molecular weight is 288 g/mol. The third-order valence-corrected chi connectivity index (χ3v) is 3.52. The lowest BCUT2D eigenvalue weighted by Crippen LogP contribution is -2.41. The second-order valence-corrected chi connectivity index (χ2v) is 5.14. The molecule has 0 aliphatic carbocycles. The van der Waals surface area contributed by atoms with Crippen LogP contribution in [0.2, 0.25) is 5.02 Å². The smallest absolute Gasteiger partial charge is 0.243 e. The highest BCUT2D eigenvalue weighted by Crippen LogP contribution is 2.34. The number of hydrogen-bond acceptors (Lipinski definition) is 3. The first-order valence-corrected chi connectivity index (χ1v) is 6.71. The Morgan fingerprint density at radius 2 is 2.00 bits per heavy atom. The summed E-state index contributed by atoms with van der Waals surface area (Å²) in [4.78, 5) is 13.9. The van der Waals surface area contributed by atoms with Crippen LogP contribution in [0, 0.1) is 0 Å². The monoisotopic (exact) mass is 287 g/mol. The van der Waals surface area contributed by atoms with Crippen LogP contribution in [0.4, 0.5) is 17.1 Å². The number of rotatable bonds is 1. The summed E-state index contributed by atoms with van der Waals surface area (Å²) in [7, 11) is 0. The molecule has 2 aromatic carbocycles. The molecule has 1 aliphatic heterocycles. The second kappa shape index (κ2) is 5.15. The zero-order valence-corrected chi connectivity index (χ0v) is 11.5. The Kier molecular flexibility index (Phi) is 3.34. The number of anilines is 3. The standard InChI is InChI=1S/C15H14ClN3O/c16-10-4-3-5-11(8-10)19-9-12(17)15(20)18-13-6-1-2-7-14(13)19/h1-8,12H,9,17H2,(H,18,20)/t12-/m0/s1. The molecule has 0 bridgehead atoms. The molecule has 1 heterocycles. The van der Waals surface area contributed by atoms with Crippen LogP contribution in [-0.4, -0.2) is 18.5 Å². The van der Waals surface area contributed by atoms with Crippen molar-refractivity contribution in [1.82, 2.24) is 0 Å². The van der Waals surface area contributed by atoms with Gasteiger partial charge in [0.15, 0.2) is 0 Å². The molecule has 1 amide bonds. The largest absolute Gasteiger partial charge is 0.338 e. The molecule has 2 aromatic rings. The summed E-state index contributed by atoms with van der Waals surface area (Å²) in [5, 5.41) is 3.50. The van der Waals surface area contributed by atoms with E-state index in [1.54, 1.807) is 0 Å². The fourth-order valence-corrected chi connectivity index (χ4v) is 2.49. The maximum atomic E-state index is 11.9. The molecule has 0 unspecified atom stereocenters. The number of carbonyl (C=O) groups is 1. The average Bonchev–Trinajstić information content (AvgIpc) is 2.57. The van der Waals surface area contributed by atoms with Gasteiger partial charge in [0.2, 0.25) is 5.91 Å². The minimum Gasteiger partial charge on any atom is -0.338 e. The van der Waals surface area contributed by atoms with Crippen molar-refractivity contribution < 1.29 is 4.79 Å². The maximum absolute atomic E-state index is 11.9. The Hall–Kier alpha value is -2.04. The Balaban J connectivity index is 2.11. The lowest BCUT2D eigenvalue weighted by atomic mass is 10.2. The predicted molar refractivity (Wildman–Crippen MR) is 81.5 cm³/mol. The summed E-state index contributed by atoms with van der Waals surface area (Å²) in [6.45, 7) is 0.406. The van der Waals surface area contributed by atoms with Crippen LogP contribution in [0.3, 0.4) is 0 Å². The van der Waals surface area contributed by atoms with Crippen molar-refractivity contribution in [3.05, 3.63) is 53.6 Å². The number of para-hydroxylation sites is 2. The Bertz CT molecular complexity index is 659. The first kappa shape index (κ1) is 13.0. The van der Waals surface area contributed by atoms with E-state index in [4.69, 9.17) is 17.3 Å². The Labute approximate surface area is 122 Å². The van der Waals surface area contributed by atoms with E-state index in [0.717, 1.165) is 17.1 Å². The van der Waals surface area contributed by atoms with Gasteiger partial charge in [-0.15, -0.1) is 0 Å². The minimum atomic E-state index is -0.596. The second-order valence-electron chi connectivity index (χ2n) is 4.70. The summed E-state index contributed by atoms with van der Waals surface area (Å²) >= 11 is 6.06. The molecule has 3 N–H and O–H groups in total. The Morgan fingerprint density at radius 3 is 2.80 bits per heavy atom. The van der Waals surface area contributed by atoms with E-state index < -0.39 is 6.04 Å². The molecule has 0 spiro atoms. The fourth-order valence-electron chi connectivity index (χ4n) is 2.31. The minimum absolute atomic E-state index is 0.179. The van der Waals surface area contributed by atoms with Gasteiger partial charge in [-0.05, 0) is 30.3 Å². The van der Waals surface area contributed by atoms with Crippen LogP contribution in [0.15, 0.2) is 48.5 Å². The quantitative estimate of drug-likeness (QED) is 0.848. The number of carbonyl (C=O) groups excluding carboxylic acids is 1. The van der Waals surface area contributed by atoms with Crippen LogP contribution < -0.4 is 16.0 Å². The van der Waals surface area contributed by atoms with Crippen molar-refractivity contribution >= 4 is 34.6 Å². The molecule has 0 saturated heterocycles. The number of nitrogens with two attached hydrogens (primary N) is 1. The molecule has 0 radical (unpaired) electrons. The number of halogens is 1. The summed E-state index contributed by atoms with van der Waals surface area (Å²) in [6.07, 6.45) is 0. The zero-order chi connectivity index (χ0) is 14.1. The van der Waals surface area contributed by atoms with Gasteiger partial charge in [0.1, 0.15) is 6.04 Å². The van der Waals surface area contributed by atoms with Gasteiger partial charge in [-0.1, -0.05) is 29.8 Å². The number of nitrogens with zero attached hydrogens (tertiary/aromatic N) is 1. The fraction of sp³-hybridized carbons (Fsp3) is 0.133. The van der Waals surface area contributed by atoms with Crippen molar-refractivity contribution in [3.63, 3.8) is 0 Å². The van der Waals surface area contributed by atoms with Crippen LogP contribution in [-0.2, 0) is 4.79 Å². The highest BCUT2D eigenvalue weighted by Gasteiger charge is 2.25. The molecule has 5 heteroatoms. The summed E-state index contributed by atoms with van der Waals surface area (Å²) in [5.41, 5.74) is 8.52. The predicted octanol–water partition coefficient (Wildman–Crippen LogP) is 2.76. The number of hydrogen-bond donors (Lipinski definition) is 2. The third-order valence-electron chi connectivity index (χ3n) is 3.29. The molecule has 4 nitrogen and oxygen atoms in total. The molecule has 0 aromatic heterocycles. The van der Waals surface area contributed by atoms with Crippen molar-refractivity contribution in [2.75, 3.05) is 16.8 Å². The summed E-state index contributed by atoms with van der Waals surface area (Å²) in [6, 6.07) is 14.5. The van der Waals surface area contributed by atoms with Gasteiger partial charge in [0.25, 0.3) is 0 Å². The molecule has 102 valence electrons. The van der Waals surface area contributed by atoms with E-state index in [1.165, 1.54) is 0 Å². The molecular weight excluding hydrogens is 274 g/mol. The van der Waals surface area contributed by atoms with E-state index in [9.17, 15) is 4.79 Å². The number of amides is 1. The number of nitrogens with one attached hydrogen (secondary N) is 1. The first-order chi connectivity index (χ1) is 9.65. The Morgan fingerprint density at radius 1 is 1.20 bits per heavy atom. The van der Waals surface area contributed by atoms with Crippen LogP contribution >= 0.6 is 11.6 Å². The van der Waals surface area contributed by atoms with E-state index in [0.29, 0.717) is 11.6 Å². The maximum Gasteiger partial charge on any atom is 0.243 e. The molecule has 1 aliphatic rings. The third kappa shape index (κ3) is 2.35. The van der Waals surface area contributed by atoms with Gasteiger partial charge in [0.05, 0.1) is 11.4 Å². The SMILES string of the molecule is N[C@H]1CN(c2cccc(Cl)c2)c2ccccc2NC1=O. The zero-order valence-electron chi connectivity index (χ0n) is 10.7. The van der Waals surface area contributed by atoms with Gasteiger partial charge in [0, 0.05) is 17.3 Å². The van der Waals surface area contributed by atoms with E-state index in [1.807, 2.05) is 53.4 Å². The first-order valence-electron chi connectivity index (χ1n) is 6.34. The molecule has 0 saturated carbocycles. The molecular formula is C15H14ClN3O. The highest BCUT2D eigenvalue weighted by atomic mass is 35.5. The number of benzene rings is 2. The van der Waals surface area contributed by atoms with Crippen LogP contribution in [0.25, 0.3) is 0 Å². The molecule has 0 fully saturated rings. The number of fused-ring (bicyclic) bond motifs is 1. The summed E-state index contributed by atoms with van der Waals surface area (Å²) < 4.78 is 0. The van der Waals surface area contributed by atoms with Crippen molar-refractivity contribution in [2.24, 2.45) is 5.73 Å². The highest BCUT2D eigenvalue weighted by molar-refractivity contribution is 6.30. The van der Waals surface area contributed by atoms with Gasteiger partial charge in [-0.3, -0.25) is 4.79 Å². The van der Waals surface area contributed by atoms with Crippen molar-refractivity contribution in [2.45, 2.75) is 6.04 Å². The van der Waals surface area contributed by atoms with Gasteiger partial charge in [-0.25, -0.2) is 0 Å². The normalized spacial score (nSPS) is 18.2. The van der Waals surface area contributed by atoms with Gasteiger partial charge in [-0.2, -0.15) is 0 Å². The van der Waals surface area contributed by atoms with E-state index >= 15 is 0 Å². The molecule has 20 heavy (non-hydrogen) atoms. The van der Waals surface area contributed by atoms with Crippen molar-refractivity contribution in [1.29, 1.82) is 0 Å². The lowest BCUT2D eigenvalue weighted by molar-refractivity contribution is -0.117. The topological polar surface area (TPSA) is 58.4 Å². The van der Waals surface area contributed by atoms with Crippen LogP contribution in [0.1, 0.15) is 0 Å². The van der Waals surface area contributed by atoms with E-state index in [-0.39, 0.29) is 5.91 Å². The lowest BCUT2D eigenvalue weighted by Gasteiger charge is -2.25. The van der Waals surface area contributed by atoms with Gasteiger partial charge >= 0.3 is 0 Å². The molecule has 3 rings (SSSR count). The molecule has 1 atom stereocenters.